The maximum atomic E-state index is 12.8. The van der Waals surface area contributed by atoms with E-state index in [1.807, 2.05) is 22.6 Å². The average molecular weight is 392 g/mol. The van der Waals surface area contributed by atoms with Gasteiger partial charge in [-0.1, -0.05) is 0 Å². The van der Waals surface area contributed by atoms with Gasteiger partial charge in [0.2, 0.25) is 0 Å². The second-order valence-corrected chi connectivity index (χ2v) is 4.26. The van der Waals surface area contributed by atoms with Crippen LogP contribution in [-0.4, -0.2) is 11.1 Å². The average Bonchev–Trinajstić information content (AvgIpc) is 1.97. The number of carbonyl (C=O) groups is 1. The maximum Gasteiger partial charge on any atom is 0.337 e. The molecule has 2 nitrogen and oxygen atoms in total. The van der Waals surface area contributed by atoms with Gasteiger partial charge in [-0.2, -0.15) is 0 Å². The Kier molecular flexibility index (Phi) is 3.27. The normalized spacial score (nSPS) is 9.92. The van der Waals surface area contributed by atoms with Gasteiger partial charge < -0.3 is 5.11 Å². The Bertz CT molecular complexity index is 338. The molecule has 64 valence electrons. The third-order valence-electron chi connectivity index (χ3n) is 1.26. The minimum Gasteiger partial charge on any atom is -0.478 e. The van der Waals surface area contributed by atoms with Crippen LogP contribution in [0.2, 0.25) is 0 Å². The minimum absolute atomic E-state index is 0.0381. The summed E-state index contributed by atoms with van der Waals surface area (Å²) >= 11 is 3.55. The zero-order valence-corrected chi connectivity index (χ0v) is 9.96. The summed E-state index contributed by atoms with van der Waals surface area (Å²) in [5.41, 5.74) is 0.0381. The van der Waals surface area contributed by atoms with Crippen molar-refractivity contribution in [3.63, 3.8) is 0 Å². The highest BCUT2D eigenvalue weighted by Gasteiger charge is 2.15. The summed E-state index contributed by atoms with van der Waals surface area (Å²) in [5, 5.41) is 8.69. The molecule has 0 bridgehead atoms. The number of aromatic carboxylic acids is 1. The zero-order valence-electron chi connectivity index (χ0n) is 5.64. The molecule has 1 N–H and O–H groups in total. The standard InChI is InChI=1S/C7H3FI2O2/c8-3-1-2-4(9)5(6(3)10)7(11)12/h1-2H,(H,11,12). The molecular weight excluding hydrogens is 389 g/mol. The highest BCUT2D eigenvalue weighted by atomic mass is 127. The Morgan fingerprint density at radius 1 is 1.42 bits per heavy atom. The molecule has 0 aliphatic heterocycles. The Labute approximate surface area is 95.4 Å². The van der Waals surface area contributed by atoms with Crippen molar-refractivity contribution >= 4 is 51.2 Å². The monoisotopic (exact) mass is 392 g/mol. The molecule has 0 aromatic heterocycles. The van der Waals surface area contributed by atoms with E-state index in [0.29, 0.717) is 3.57 Å². The van der Waals surface area contributed by atoms with Crippen LogP contribution in [0.15, 0.2) is 12.1 Å². The largest absolute Gasteiger partial charge is 0.478 e. The van der Waals surface area contributed by atoms with E-state index in [1.165, 1.54) is 12.1 Å². The van der Waals surface area contributed by atoms with Crippen LogP contribution in [0.4, 0.5) is 4.39 Å². The van der Waals surface area contributed by atoms with Crippen molar-refractivity contribution in [1.82, 2.24) is 0 Å². The smallest absolute Gasteiger partial charge is 0.337 e. The van der Waals surface area contributed by atoms with Crippen molar-refractivity contribution in [2.45, 2.75) is 0 Å². The van der Waals surface area contributed by atoms with E-state index < -0.39 is 11.8 Å². The molecule has 0 atom stereocenters. The Morgan fingerprint density at radius 2 is 2.00 bits per heavy atom. The molecule has 0 aliphatic carbocycles. The molecule has 5 heteroatoms. The van der Waals surface area contributed by atoms with Crippen LogP contribution in [0.1, 0.15) is 10.4 Å². The van der Waals surface area contributed by atoms with Crippen molar-refractivity contribution in [2.24, 2.45) is 0 Å². The third kappa shape index (κ3) is 1.87. The van der Waals surface area contributed by atoms with Crippen LogP contribution in [0, 0.1) is 13.0 Å². The van der Waals surface area contributed by atoms with Crippen LogP contribution in [0.3, 0.4) is 0 Å². The first-order valence-corrected chi connectivity index (χ1v) is 5.06. The lowest BCUT2D eigenvalue weighted by Crippen LogP contribution is -2.04. The molecule has 0 fully saturated rings. The number of hydrogen-bond donors (Lipinski definition) is 1. The fraction of sp³-hybridized carbons (Fsp3) is 0. The molecule has 0 amide bonds. The number of rotatable bonds is 1. The highest BCUT2D eigenvalue weighted by Crippen LogP contribution is 2.21. The van der Waals surface area contributed by atoms with Gasteiger partial charge in [-0.15, -0.1) is 0 Å². The predicted molar refractivity (Wildman–Crippen MR) is 58.8 cm³/mol. The summed E-state index contributed by atoms with van der Waals surface area (Å²) in [7, 11) is 0. The molecule has 0 heterocycles. The van der Waals surface area contributed by atoms with Crippen molar-refractivity contribution in [3.05, 3.63) is 30.7 Å². The molecule has 1 aromatic carbocycles. The molecule has 1 rings (SSSR count). The van der Waals surface area contributed by atoms with Crippen LogP contribution < -0.4 is 0 Å². The van der Waals surface area contributed by atoms with E-state index in [2.05, 4.69) is 0 Å². The Morgan fingerprint density at radius 3 is 2.42 bits per heavy atom. The number of halogens is 3. The van der Waals surface area contributed by atoms with Gasteiger partial charge in [0.1, 0.15) is 5.82 Å². The summed E-state index contributed by atoms with van der Waals surface area (Å²) in [4.78, 5) is 10.6. The molecule has 0 aliphatic rings. The third-order valence-corrected chi connectivity index (χ3v) is 3.21. The molecule has 0 spiro atoms. The molecule has 12 heavy (non-hydrogen) atoms. The Hall–Kier alpha value is 0.0800. The van der Waals surface area contributed by atoms with E-state index in [-0.39, 0.29) is 9.13 Å². The van der Waals surface area contributed by atoms with Crippen molar-refractivity contribution < 1.29 is 14.3 Å². The van der Waals surface area contributed by atoms with Gasteiger partial charge in [0.05, 0.1) is 9.13 Å². The van der Waals surface area contributed by atoms with E-state index in [1.54, 1.807) is 22.6 Å². The second-order valence-electron chi connectivity index (χ2n) is 2.02. The van der Waals surface area contributed by atoms with Crippen molar-refractivity contribution in [2.75, 3.05) is 0 Å². The molecule has 1 aromatic rings. The number of hydrogen-bond acceptors (Lipinski definition) is 1. The van der Waals surface area contributed by atoms with Crippen LogP contribution in [-0.2, 0) is 0 Å². The number of carboxylic acid groups (broad SMARTS) is 1. The second kappa shape index (κ2) is 3.86. The molecule has 0 saturated carbocycles. The zero-order chi connectivity index (χ0) is 9.30. The van der Waals surface area contributed by atoms with Gasteiger partial charge in [0.15, 0.2) is 0 Å². The summed E-state index contributed by atoms with van der Waals surface area (Å²) in [5.74, 6) is -1.59. The quantitative estimate of drug-likeness (QED) is 0.590. The molecule has 0 radical (unpaired) electrons. The molecule has 0 unspecified atom stereocenters. The topological polar surface area (TPSA) is 37.3 Å². The summed E-state index contributed by atoms with van der Waals surface area (Å²) in [6.45, 7) is 0. The maximum absolute atomic E-state index is 12.8. The summed E-state index contributed by atoms with van der Waals surface area (Å²) in [6.07, 6.45) is 0. The molecular formula is C7H3FI2O2. The first-order chi connectivity index (χ1) is 5.54. The highest BCUT2D eigenvalue weighted by molar-refractivity contribution is 14.1. The van der Waals surface area contributed by atoms with Gasteiger partial charge >= 0.3 is 5.97 Å². The van der Waals surface area contributed by atoms with E-state index >= 15 is 0 Å². The van der Waals surface area contributed by atoms with Crippen molar-refractivity contribution in [3.8, 4) is 0 Å². The van der Waals surface area contributed by atoms with E-state index in [0.717, 1.165) is 0 Å². The van der Waals surface area contributed by atoms with Gasteiger partial charge in [0.25, 0.3) is 0 Å². The Balaban J connectivity index is 3.43. The van der Waals surface area contributed by atoms with Crippen LogP contribution >= 0.6 is 45.2 Å². The molecule has 0 saturated heterocycles. The first-order valence-electron chi connectivity index (χ1n) is 2.91. The van der Waals surface area contributed by atoms with Crippen LogP contribution in [0.25, 0.3) is 0 Å². The van der Waals surface area contributed by atoms with E-state index in [9.17, 15) is 9.18 Å². The fourth-order valence-electron chi connectivity index (χ4n) is 0.723. The lowest BCUT2D eigenvalue weighted by atomic mass is 10.2. The van der Waals surface area contributed by atoms with Crippen molar-refractivity contribution in [1.29, 1.82) is 0 Å². The number of carboxylic acids is 1. The van der Waals surface area contributed by atoms with E-state index in [4.69, 9.17) is 5.11 Å². The SMILES string of the molecule is O=C(O)c1c(I)ccc(F)c1I. The summed E-state index contributed by atoms with van der Waals surface area (Å²) in [6, 6.07) is 2.71. The van der Waals surface area contributed by atoms with Gasteiger partial charge in [0, 0.05) is 3.57 Å². The van der Waals surface area contributed by atoms with Gasteiger partial charge in [-0.25, -0.2) is 9.18 Å². The van der Waals surface area contributed by atoms with Gasteiger partial charge in [-0.3, -0.25) is 0 Å². The fourth-order valence-corrected chi connectivity index (χ4v) is 2.62. The lowest BCUT2D eigenvalue weighted by Gasteiger charge is -2.02. The predicted octanol–water partition coefficient (Wildman–Crippen LogP) is 2.73. The first kappa shape index (κ1) is 10.2. The number of benzene rings is 1. The minimum atomic E-state index is -1.09. The van der Waals surface area contributed by atoms with Crippen LogP contribution in [0.5, 0.6) is 0 Å². The lowest BCUT2D eigenvalue weighted by molar-refractivity contribution is 0.0694. The van der Waals surface area contributed by atoms with Gasteiger partial charge in [-0.05, 0) is 57.3 Å². The summed E-state index contributed by atoms with van der Waals surface area (Å²) < 4.78 is 13.6.